The minimum atomic E-state index is -4.54. The number of nitrogen functional groups attached to an aromatic ring is 1. The van der Waals surface area contributed by atoms with Gasteiger partial charge in [0.1, 0.15) is 34.4 Å². The van der Waals surface area contributed by atoms with Crippen LogP contribution in [0.25, 0.3) is 11.3 Å². The lowest BCUT2D eigenvalue weighted by Gasteiger charge is -2.26. The number of ether oxygens (including phenoxy) is 1. The molecule has 0 unspecified atom stereocenters. The fraction of sp³-hybridized carbons (Fsp3) is 0.480. The van der Waals surface area contributed by atoms with Crippen molar-refractivity contribution < 1.29 is 22.7 Å². The minimum Gasteiger partial charge on any atom is -0.444 e. The summed E-state index contributed by atoms with van der Waals surface area (Å²) >= 11 is 0. The standard InChI is InChI=1S/C25H29F3N8O2/c1-24(2,3)38-23(37)34-9-4-5-18(7-10-34)36-22(30)19(12-29)21(33-36)17-13-32-35(15-17)14-16-6-8-31-20(11-16)25(26,27)28/h6,8,11,13,15,18H,4-5,7,9-10,14,30H2,1-3H3/t18-/m0/s1. The zero-order valence-electron chi connectivity index (χ0n) is 21.4. The van der Waals surface area contributed by atoms with Crippen molar-refractivity contribution in [3.63, 3.8) is 0 Å². The van der Waals surface area contributed by atoms with Gasteiger partial charge in [0.05, 0.1) is 18.8 Å². The van der Waals surface area contributed by atoms with Crippen LogP contribution in [0, 0.1) is 11.3 Å². The topological polar surface area (TPSA) is 128 Å². The third kappa shape index (κ3) is 6.07. The Kier molecular flexibility index (Phi) is 7.35. The molecule has 1 aliphatic rings. The van der Waals surface area contributed by atoms with Crippen LogP contribution >= 0.6 is 0 Å². The van der Waals surface area contributed by atoms with Crippen molar-refractivity contribution in [1.82, 2.24) is 29.4 Å². The summed E-state index contributed by atoms with van der Waals surface area (Å²) in [7, 11) is 0. The van der Waals surface area contributed by atoms with Crippen molar-refractivity contribution in [2.24, 2.45) is 0 Å². The predicted molar refractivity (Wildman–Crippen MR) is 132 cm³/mol. The molecule has 0 aliphatic carbocycles. The normalized spacial score (nSPS) is 16.7. The van der Waals surface area contributed by atoms with Crippen molar-refractivity contribution in [1.29, 1.82) is 5.26 Å². The molecular weight excluding hydrogens is 501 g/mol. The van der Waals surface area contributed by atoms with E-state index in [0.29, 0.717) is 49.2 Å². The second kappa shape index (κ2) is 10.4. The van der Waals surface area contributed by atoms with Crippen LogP contribution < -0.4 is 5.73 Å². The molecule has 0 aromatic carbocycles. The van der Waals surface area contributed by atoms with E-state index in [0.717, 1.165) is 12.3 Å². The highest BCUT2D eigenvalue weighted by Gasteiger charge is 2.32. The Morgan fingerprint density at radius 3 is 2.71 bits per heavy atom. The van der Waals surface area contributed by atoms with E-state index in [-0.39, 0.29) is 30.1 Å². The van der Waals surface area contributed by atoms with Crippen molar-refractivity contribution in [2.45, 2.75) is 64.4 Å². The number of carbonyl (C=O) groups excluding carboxylic acids is 1. The van der Waals surface area contributed by atoms with Crippen LogP contribution in [0.2, 0.25) is 0 Å². The maximum Gasteiger partial charge on any atom is 0.433 e. The Hall–Kier alpha value is -4.08. The van der Waals surface area contributed by atoms with Gasteiger partial charge < -0.3 is 15.4 Å². The summed E-state index contributed by atoms with van der Waals surface area (Å²) in [6.07, 6.45) is 1.30. The lowest BCUT2D eigenvalue weighted by atomic mass is 10.1. The first kappa shape index (κ1) is 27.0. The van der Waals surface area contributed by atoms with Gasteiger partial charge in [-0.3, -0.25) is 9.67 Å². The number of hydrogen-bond acceptors (Lipinski definition) is 7. The molecule has 4 rings (SSSR count). The average molecular weight is 531 g/mol. The molecule has 202 valence electrons. The smallest absolute Gasteiger partial charge is 0.433 e. The van der Waals surface area contributed by atoms with Gasteiger partial charge in [0, 0.05) is 31.0 Å². The van der Waals surface area contributed by atoms with Gasteiger partial charge in [-0.2, -0.15) is 28.6 Å². The minimum absolute atomic E-state index is 0.0762. The van der Waals surface area contributed by atoms with Gasteiger partial charge in [0.25, 0.3) is 0 Å². The number of likely N-dealkylation sites (tertiary alicyclic amines) is 1. The molecule has 1 amide bonds. The Bertz CT molecular complexity index is 1350. The molecule has 1 saturated heterocycles. The van der Waals surface area contributed by atoms with Gasteiger partial charge in [0.2, 0.25) is 0 Å². The van der Waals surface area contributed by atoms with Crippen LogP contribution in [-0.2, 0) is 17.5 Å². The highest BCUT2D eigenvalue weighted by atomic mass is 19.4. The summed E-state index contributed by atoms with van der Waals surface area (Å²) < 4.78 is 47.6. The van der Waals surface area contributed by atoms with E-state index in [2.05, 4.69) is 21.3 Å². The number of aromatic nitrogens is 5. The molecular formula is C25H29F3N8O2. The van der Waals surface area contributed by atoms with Gasteiger partial charge >= 0.3 is 12.3 Å². The van der Waals surface area contributed by atoms with Crippen molar-refractivity contribution in [3.8, 4) is 17.3 Å². The Morgan fingerprint density at radius 1 is 1.26 bits per heavy atom. The number of amides is 1. The molecule has 0 saturated carbocycles. The molecule has 1 atom stereocenters. The quantitative estimate of drug-likeness (QED) is 0.521. The molecule has 1 aliphatic heterocycles. The summed E-state index contributed by atoms with van der Waals surface area (Å²) in [5, 5.41) is 18.7. The first-order chi connectivity index (χ1) is 17.9. The van der Waals surface area contributed by atoms with E-state index in [4.69, 9.17) is 10.5 Å². The Balaban J connectivity index is 1.52. The van der Waals surface area contributed by atoms with E-state index < -0.39 is 17.5 Å². The molecule has 0 spiro atoms. The third-order valence-electron chi connectivity index (χ3n) is 6.12. The molecule has 10 nitrogen and oxygen atoms in total. The number of nitrogens with zero attached hydrogens (tertiary/aromatic N) is 7. The van der Waals surface area contributed by atoms with E-state index in [1.54, 1.807) is 15.8 Å². The summed E-state index contributed by atoms with van der Waals surface area (Å²) in [5.41, 5.74) is 6.19. The Morgan fingerprint density at radius 2 is 2.03 bits per heavy atom. The van der Waals surface area contributed by atoms with Crippen LogP contribution in [0.4, 0.5) is 23.8 Å². The lowest BCUT2D eigenvalue weighted by Crippen LogP contribution is -2.37. The van der Waals surface area contributed by atoms with Gasteiger partial charge in [-0.25, -0.2) is 9.48 Å². The Labute approximate surface area is 217 Å². The monoisotopic (exact) mass is 530 g/mol. The van der Waals surface area contributed by atoms with Crippen molar-refractivity contribution >= 4 is 11.9 Å². The number of anilines is 1. The molecule has 3 aromatic heterocycles. The molecule has 13 heteroatoms. The summed E-state index contributed by atoms with van der Waals surface area (Å²) in [5.74, 6) is 0.218. The fourth-order valence-electron chi connectivity index (χ4n) is 4.36. The number of nitriles is 1. The van der Waals surface area contributed by atoms with Gasteiger partial charge in [-0.1, -0.05) is 0 Å². The SMILES string of the molecule is CC(C)(C)OC(=O)N1CCC[C@H](n2nc(-c3cnn(Cc4ccnc(C(F)(F)F)c4)c3)c(C#N)c2N)CC1. The number of nitrogens with two attached hydrogens (primary N) is 1. The first-order valence-electron chi connectivity index (χ1n) is 12.2. The largest absolute Gasteiger partial charge is 0.444 e. The fourth-order valence-corrected chi connectivity index (χ4v) is 4.36. The van der Waals surface area contributed by atoms with Crippen LogP contribution in [0.15, 0.2) is 30.7 Å². The summed E-state index contributed by atoms with van der Waals surface area (Å²) in [6, 6.07) is 4.44. The van der Waals surface area contributed by atoms with E-state index >= 15 is 0 Å². The third-order valence-corrected chi connectivity index (χ3v) is 6.12. The molecule has 2 N–H and O–H groups in total. The molecule has 38 heavy (non-hydrogen) atoms. The first-order valence-corrected chi connectivity index (χ1v) is 12.2. The van der Waals surface area contributed by atoms with Crippen LogP contribution in [0.3, 0.4) is 0 Å². The van der Waals surface area contributed by atoms with Gasteiger partial charge in [-0.15, -0.1) is 0 Å². The molecule has 0 radical (unpaired) electrons. The maximum atomic E-state index is 13.0. The van der Waals surface area contributed by atoms with Crippen LogP contribution in [0.1, 0.15) is 62.9 Å². The van der Waals surface area contributed by atoms with Crippen molar-refractivity contribution in [3.05, 3.63) is 47.5 Å². The number of hydrogen-bond donors (Lipinski definition) is 1. The average Bonchev–Trinajstić information content (AvgIpc) is 3.32. The maximum absolute atomic E-state index is 13.0. The molecule has 4 heterocycles. The number of alkyl halides is 3. The molecule has 1 fully saturated rings. The van der Waals surface area contributed by atoms with E-state index in [9.17, 15) is 23.2 Å². The second-order valence-corrected chi connectivity index (χ2v) is 10.2. The van der Waals surface area contributed by atoms with Crippen LogP contribution in [-0.4, -0.2) is 54.2 Å². The predicted octanol–water partition coefficient (Wildman–Crippen LogP) is 4.62. The molecule has 3 aromatic rings. The van der Waals surface area contributed by atoms with E-state index in [1.807, 2.05) is 20.8 Å². The molecule has 0 bridgehead atoms. The number of rotatable bonds is 4. The number of carbonyl (C=O) groups is 1. The highest BCUT2D eigenvalue weighted by Crippen LogP contribution is 2.33. The van der Waals surface area contributed by atoms with Gasteiger partial charge in [0.15, 0.2) is 0 Å². The second-order valence-electron chi connectivity index (χ2n) is 10.2. The van der Waals surface area contributed by atoms with Crippen LogP contribution in [0.5, 0.6) is 0 Å². The summed E-state index contributed by atoms with van der Waals surface area (Å²) in [6.45, 7) is 6.54. The van der Waals surface area contributed by atoms with E-state index in [1.165, 1.54) is 16.9 Å². The number of halogens is 3. The lowest BCUT2D eigenvalue weighted by molar-refractivity contribution is -0.141. The number of pyridine rings is 1. The highest BCUT2D eigenvalue weighted by molar-refractivity contribution is 5.72. The van der Waals surface area contributed by atoms with Gasteiger partial charge in [-0.05, 0) is 57.7 Å². The zero-order valence-corrected chi connectivity index (χ0v) is 21.4. The summed E-state index contributed by atoms with van der Waals surface area (Å²) in [4.78, 5) is 17.6. The van der Waals surface area contributed by atoms with Crippen molar-refractivity contribution in [2.75, 3.05) is 18.8 Å². The zero-order chi connectivity index (χ0) is 27.7.